The van der Waals surface area contributed by atoms with E-state index in [-0.39, 0.29) is 17.8 Å². The summed E-state index contributed by atoms with van der Waals surface area (Å²) in [4.78, 5) is 21.7. The minimum absolute atomic E-state index is 0.191. The molecule has 2 aromatic rings. The van der Waals surface area contributed by atoms with Crippen LogP contribution in [0.3, 0.4) is 0 Å². The van der Waals surface area contributed by atoms with Crippen LogP contribution < -0.4 is 4.90 Å². The lowest BCUT2D eigenvalue weighted by atomic mass is 10.0. The third-order valence-corrected chi connectivity index (χ3v) is 6.43. The molecule has 2 fully saturated rings. The average Bonchev–Trinajstić information content (AvgIpc) is 3.35. The molecule has 1 atom stereocenters. The van der Waals surface area contributed by atoms with Gasteiger partial charge in [-0.05, 0) is 37.5 Å². The summed E-state index contributed by atoms with van der Waals surface area (Å²) in [6, 6.07) is 6.66. The van der Waals surface area contributed by atoms with Crippen LogP contribution in [-0.4, -0.2) is 45.8 Å². The second-order valence-corrected chi connectivity index (χ2v) is 8.33. The number of hydrogen-bond acceptors (Lipinski definition) is 5. The van der Waals surface area contributed by atoms with E-state index in [0.29, 0.717) is 12.3 Å². The van der Waals surface area contributed by atoms with Crippen molar-refractivity contribution >= 4 is 22.6 Å². The number of halogens is 1. The van der Waals surface area contributed by atoms with E-state index < -0.39 is 0 Å². The Kier molecular flexibility index (Phi) is 5.38. The largest absolute Gasteiger partial charge is 0.343 e. The molecule has 0 spiro atoms. The van der Waals surface area contributed by atoms with Gasteiger partial charge < -0.3 is 9.80 Å². The summed E-state index contributed by atoms with van der Waals surface area (Å²) in [6.45, 7) is 4.47. The summed E-state index contributed by atoms with van der Waals surface area (Å²) in [5.41, 5.74) is 1.00. The Bertz CT molecular complexity index is 788. The fourth-order valence-electron chi connectivity index (χ4n) is 4.10. The first kappa shape index (κ1) is 18.3. The van der Waals surface area contributed by atoms with Crippen LogP contribution in [0.25, 0.3) is 0 Å². The smallest absolute Gasteiger partial charge is 0.226 e. The summed E-state index contributed by atoms with van der Waals surface area (Å²) >= 11 is 1.40. The summed E-state index contributed by atoms with van der Waals surface area (Å²) in [5, 5.41) is 0.909. The first-order chi connectivity index (χ1) is 13.1. The van der Waals surface area contributed by atoms with E-state index >= 15 is 0 Å². The molecule has 27 heavy (non-hydrogen) atoms. The molecule has 1 aliphatic heterocycles. The predicted molar refractivity (Wildman–Crippen MR) is 104 cm³/mol. The van der Waals surface area contributed by atoms with Crippen LogP contribution in [0, 0.1) is 11.7 Å². The van der Waals surface area contributed by atoms with Gasteiger partial charge in [-0.3, -0.25) is 4.79 Å². The number of piperazine rings is 1. The third-order valence-electron chi connectivity index (χ3n) is 5.62. The van der Waals surface area contributed by atoms with Crippen molar-refractivity contribution in [2.24, 2.45) is 5.92 Å². The molecule has 0 radical (unpaired) electrons. The molecule has 2 heterocycles. The first-order valence-electron chi connectivity index (χ1n) is 9.72. The molecule has 5 nitrogen and oxygen atoms in total. The van der Waals surface area contributed by atoms with Gasteiger partial charge in [-0.2, -0.15) is 4.37 Å². The van der Waals surface area contributed by atoms with Gasteiger partial charge in [0.15, 0.2) is 0 Å². The topological polar surface area (TPSA) is 49.3 Å². The van der Waals surface area contributed by atoms with Crippen molar-refractivity contribution in [3.8, 4) is 0 Å². The number of amides is 1. The molecule has 144 valence electrons. The highest BCUT2D eigenvalue weighted by Gasteiger charge is 2.33. The van der Waals surface area contributed by atoms with Gasteiger partial charge in [0, 0.05) is 49.5 Å². The standard InChI is InChI=1S/C20H25FN4OS/c1-14-13-24(10-11-25(14)19(26)16-4-2-3-5-16)20-22-18(23-27-20)12-15-6-8-17(21)9-7-15/h6-9,14,16H,2-5,10-13H2,1H3. The van der Waals surface area contributed by atoms with E-state index in [1.165, 1.54) is 36.5 Å². The lowest BCUT2D eigenvalue weighted by Crippen LogP contribution is -2.55. The van der Waals surface area contributed by atoms with Crippen LogP contribution in [0.5, 0.6) is 0 Å². The van der Waals surface area contributed by atoms with Crippen molar-refractivity contribution in [3.63, 3.8) is 0 Å². The lowest BCUT2D eigenvalue weighted by molar-refractivity contribution is -0.137. The molecular formula is C20H25FN4OS. The molecular weight excluding hydrogens is 363 g/mol. The van der Waals surface area contributed by atoms with Gasteiger partial charge in [0.25, 0.3) is 0 Å². The Balaban J connectivity index is 1.37. The van der Waals surface area contributed by atoms with Gasteiger partial charge in [0.1, 0.15) is 11.6 Å². The number of carbonyl (C=O) groups excluding carboxylic acids is 1. The van der Waals surface area contributed by atoms with Crippen LogP contribution in [0.2, 0.25) is 0 Å². The third kappa shape index (κ3) is 4.13. The van der Waals surface area contributed by atoms with Crippen LogP contribution in [-0.2, 0) is 11.2 Å². The quantitative estimate of drug-likeness (QED) is 0.804. The zero-order valence-corrected chi connectivity index (χ0v) is 16.4. The van der Waals surface area contributed by atoms with E-state index in [0.717, 1.165) is 49.0 Å². The number of hydrogen-bond donors (Lipinski definition) is 0. The zero-order chi connectivity index (χ0) is 18.8. The molecule has 1 unspecified atom stereocenters. The Morgan fingerprint density at radius 2 is 1.96 bits per heavy atom. The summed E-state index contributed by atoms with van der Waals surface area (Å²) in [5.74, 6) is 1.11. The van der Waals surface area contributed by atoms with Crippen molar-refractivity contribution in [2.45, 2.75) is 45.1 Å². The van der Waals surface area contributed by atoms with Crippen LogP contribution >= 0.6 is 11.5 Å². The molecule has 0 bridgehead atoms. The Labute approximate surface area is 163 Å². The van der Waals surface area contributed by atoms with Crippen LogP contribution in [0.15, 0.2) is 24.3 Å². The number of benzene rings is 1. The maximum atomic E-state index is 13.0. The van der Waals surface area contributed by atoms with Crippen LogP contribution in [0.1, 0.15) is 44.0 Å². The molecule has 1 amide bonds. The summed E-state index contributed by atoms with van der Waals surface area (Å²) in [7, 11) is 0. The Hall–Kier alpha value is -2.02. The lowest BCUT2D eigenvalue weighted by Gasteiger charge is -2.40. The summed E-state index contributed by atoms with van der Waals surface area (Å²) < 4.78 is 17.5. The number of aromatic nitrogens is 2. The Morgan fingerprint density at radius 3 is 2.67 bits per heavy atom. The van der Waals surface area contributed by atoms with Gasteiger partial charge in [-0.1, -0.05) is 25.0 Å². The summed E-state index contributed by atoms with van der Waals surface area (Å²) in [6.07, 6.45) is 5.08. The fraction of sp³-hybridized carbons (Fsp3) is 0.550. The molecule has 1 aromatic heterocycles. The van der Waals surface area contributed by atoms with Crippen molar-refractivity contribution in [1.82, 2.24) is 14.3 Å². The van der Waals surface area contributed by atoms with Crippen molar-refractivity contribution in [3.05, 3.63) is 41.5 Å². The molecule has 7 heteroatoms. The minimum atomic E-state index is -0.232. The molecule has 1 saturated carbocycles. The molecule has 4 rings (SSSR count). The van der Waals surface area contributed by atoms with Gasteiger partial charge in [0.05, 0.1) is 0 Å². The molecule has 1 aliphatic carbocycles. The van der Waals surface area contributed by atoms with E-state index in [1.54, 1.807) is 12.1 Å². The monoisotopic (exact) mass is 388 g/mol. The average molecular weight is 389 g/mol. The highest BCUT2D eigenvalue weighted by Crippen LogP contribution is 2.29. The fourth-order valence-corrected chi connectivity index (χ4v) is 4.82. The molecule has 2 aliphatic rings. The maximum Gasteiger partial charge on any atom is 0.226 e. The highest BCUT2D eigenvalue weighted by molar-refractivity contribution is 7.09. The normalized spacial score (nSPS) is 21.0. The van der Waals surface area contributed by atoms with Gasteiger partial charge in [-0.15, -0.1) is 0 Å². The number of carbonyl (C=O) groups is 1. The van der Waals surface area contributed by atoms with Gasteiger partial charge in [0.2, 0.25) is 11.0 Å². The van der Waals surface area contributed by atoms with Gasteiger partial charge >= 0.3 is 0 Å². The minimum Gasteiger partial charge on any atom is -0.343 e. The SMILES string of the molecule is CC1CN(c2nc(Cc3ccc(F)cc3)ns2)CCN1C(=O)C1CCCC1. The van der Waals surface area contributed by atoms with Crippen molar-refractivity contribution < 1.29 is 9.18 Å². The molecule has 0 N–H and O–H groups in total. The number of rotatable bonds is 4. The van der Waals surface area contributed by atoms with Crippen LogP contribution in [0.4, 0.5) is 9.52 Å². The zero-order valence-electron chi connectivity index (χ0n) is 15.6. The number of anilines is 1. The Morgan fingerprint density at radius 1 is 1.22 bits per heavy atom. The number of nitrogens with zero attached hydrogens (tertiary/aromatic N) is 4. The molecule has 1 saturated heterocycles. The first-order valence-corrected chi connectivity index (χ1v) is 10.5. The second-order valence-electron chi connectivity index (χ2n) is 7.60. The van der Waals surface area contributed by atoms with Crippen molar-refractivity contribution in [1.29, 1.82) is 0 Å². The van der Waals surface area contributed by atoms with E-state index in [1.807, 2.05) is 0 Å². The van der Waals surface area contributed by atoms with Crippen molar-refractivity contribution in [2.75, 3.05) is 24.5 Å². The predicted octanol–water partition coefficient (Wildman–Crippen LogP) is 3.50. The van der Waals surface area contributed by atoms with E-state index in [4.69, 9.17) is 0 Å². The van der Waals surface area contributed by atoms with Gasteiger partial charge in [-0.25, -0.2) is 9.37 Å². The second kappa shape index (κ2) is 7.92. The highest BCUT2D eigenvalue weighted by atomic mass is 32.1. The maximum absolute atomic E-state index is 13.0. The molecule has 1 aromatic carbocycles. The van der Waals surface area contributed by atoms with E-state index in [9.17, 15) is 9.18 Å². The van der Waals surface area contributed by atoms with E-state index in [2.05, 4.69) is 26.1 Å².